The molecule has 30 heavy (non-hydrogen) atoms. The number of fused-ring (bicyclic) bond motifs is 1. The molecule has 0 bridgehead atoms. The highest BCUT2D eigenvalue weighted by Gasteiger charge is 2.20. The maximum Gasteiger partial charge on any atom is 0.255 e. The van der Waals surface area contributed by atoms with Gasteiger partial charge in [-0.1, -0.05) is 0 Å². The minimum atomic E-state index is -0.169. The molecule has 3 aromatic rings. The third kappa shape index (κ3) is 4.15. The first-order valence-electron chi connectivity index (χ1n) is 9.87. The lowest BCUT2D eigenvalue weighted by Crippen LogP contribution is -2.48. The summed E-state index contributed by atoms with van der Waals surface area (Å²) in [5, 5.41) is 12.8. The van der Waals surface area contributed by atoms with Gasteiger partial charge in [0.1, 0.15) is 5.01 Å². The fraction of sp³-hybridized carbons (Fsp3) is 0.318. The van der Waals surface area contributed by atoms with Crippen LogP contribution < -0.4 is 10.2 Å². The predicted molar refractivity (Wildman–Crippen MR) is 119 cm³/mol. The van der Waals surface area contributed by atoms with Crippen molar-refractivity contribution in [3.8, 4) is 0 Å². The molecule has 1 aromatic heterocycles. The summed E-state index contributed by atoms with van der Waals surface area (Å²) >= 11 is 1.44. The molecule has 1 fully saturated rings. The zero-order valence-electron chi connectivity index (χ0n) is 17.0. The maximum atomic E-state index is 12.8. The van der Waals surface area contributed by atoms with Gasteiger partial charge in [-0.2, -0.15) is 0 Å². The second-order valence-corrected chi connectivity index (χ2v) is 8.51. The number of hydrogen-bond acceptors (Lipinski definition) is 6. The van der Waals surface area contributed by atoms with Crippen molar-refractivity contribution in [1.29, 1.82) is 0 Å². The number of nitrogens with zero attached hydrogens (tertiary/aromatic N) is 3. The number of carbonyl (C=O) groups excluding carboxylic acids is 2. The van der Waals surface area contributed by atoms with Crippen LogP contribution in [0.3, 0.4) is 0 Å². The average Bonchev–Trinajstić information content (AvgIpc) is 3.16. The number of aryl methyl sites for hydroxylation is 1. The van der Waals surface area contributed by atoms with Crippen molar-refractivity contribution in [2.45, 2.75) is 20.5 Å². The molecule has 0 aliphatic carbocycles. The predicted octanol–water partition coefficient (Wildman–Crippen LogP) is 3.02. The smallest absolute Gasteiger partial charge is 0.255 e. The Morgan fingerprint density at radius 1 is 1.13 bits per heavy atom. The van der Waals surface area contributed by atoms with E-state index in [0.29, 0.717) is 29.3 Å². The summed E-state index contributed by atoms with van der Waals surface area (Å²) in [4.78, 5) is 32.8. The number of carbonyl (C=O) groups is 2. The van der Waals surface area contributed by atoms with E-state index in [4.69, 9.17) is 0 Å². The van der Waals surface area contributed by atoms with E-state index in [2.05, 4.69) is 15.2 Å². The highest BCUT2D eigenvalue weighted by Crippen LogP contribution is 2.26. The molecule has 0 unspecified atom stereocenters. The SMILES string of the molecule is CC(=O)N1CCN(c2ccc(C(=O)Nc3ccc4sc(CO)nc4c3)c(C)c2)CC1. The van der Waals surface area contributed by atoms with Gasteiger partial charge in [0.15, 0.2) is 0 Å². The zero-order chi connectivity index (χ0) is 21.3. The molecule has 2 aromatic carbocycles. The third-order valence-electron chi connectivity index (χ3n) is 5.37. The van der Waals surface area contributed by atoms with Crippen molar-refractivity contribution in [2.24, 2.45) is 0 Å². The fourth-order valence-corrected chi connectivity index (χ4v) is 4.51. The first-order valence-corrected chi connectivity index (χ1v) is 10.7. The van der Waals surface area contributed by atoms with Crippen LogP contribution in [0.1, 0.15) is 27.9 Å². The van der Waals surface area contributed by atoms with Crippen molar-refractivity contribution in [3.63, 3.8) is 0 Å². The van der Waals surface area contributed by atoms with Gasteiger partial charge in [0.25, 0.3) is 5.91 Å². The highest BCUT2D eigenvalue weighted by molar-refractivity contribution is 7.18. The number of nitrogens with one attached hydrogen (secondary N) is 1. The molecule has 1 saturated heterocycles. The Morgan fingerprint density at radius 3 is 2.57 bits per heavy atom. The molecule has 0 spiro atoms. The summed E-state index contributed by atoms with van der Waals surface area (Å²) in [5.41, 5.74) is 4.02. The van der Waals surface area contributed by atoms with E-state index < -0.39 is 0 Å². The van der Waals surface area contributed by atoms with E-state index in [1.54, 1.807) is 6.92 Å². The highest BCUT2D eigenvalue weighted by atomic mass is 32.1. The summed E-state index contributed by atoms with van der Waals surface area (Å²) in [6.45, 7) is 6.45. The van der Waals surface area contributed by atoms with Crippen molar-refractivity contribution in [1.82, 2.24) is 9.88 Å². The first-order chi connectivity index (χ1) is 14.4. The largest absolute Gasteiger partial charge is 0.389 e. The molecule has 1 aliphatic heterocycles. The average molecular weight is 425 g/mol. The maximum absolute atomic E-state index is 12.8. The van der Waals surface area contributed by atoms with Crippen LogP contribution in [-0.4, -0.2) is 53.0 Å². The Labute approximate surface area is 178 Å². The van der Waals surface area contributed by atoms with Crippen molar-refractivity contribution in [2.75, 3.05) is 36.4 Å². The van der Waals surface area contributed by atoms with Crippen LogP contribution in [0, 0.1) is 6.92 Å². The molecule has 4 rings (SSSR count). The minimum Gasteiger partial charge on any atom is -0.389 e. The molecule has 156 valence electrons. The number of rotatable bonds is 4. The number of aliphatic hydroxyl groups is 1. The molecule has 0 saturated carbocycles. The van der Waals surface area contributed by atoms with E-state index in [1.807, 2.05) is 48.2 Å². The molecule has 2 heterocycles. The molecular formula is C22H24N4O3S. The van der Waals surface area contributed by atoms with Crippen LogP contribution in [0.2, 0.25) is 0 Å². The number of aromatic nitrogens is 1. The van der Waals surface area contributed by atoms with Crippen LogP contribution in [0.25, 0.3) is 10.2 Å². The van der Waals surface area contributed by atoms with Crippen LogP contribution in [-0.2, 0) is 11.4 Å². The second kappa shape index (κ2) is 8.41. The number of piperazine rings is 1. The molecule has 8 heteroatoms. The first kappa shape index (κ1) is 20.3. The van der Waals surface area contributed by atoms with Gasteiger partial charge in [0.05, 0.1) is 16.8 Å². The molecule has 2 N–H and O–H groups in total. The van der Waals surface area contributed by atoms with Crippen LogP contribution in [0.15, 0.2) is 36.4 Å². The number of amides is 2. The zero-order valence-corrected chi connectivity index (χ0v) is 17.8. The lowest BCUT2D eigenvalue weighted by Gasteiger charge is -2.35. The van der Waals surface area contributed by atoms with E-state index in [-0.39, 0.29) is 18.4 Å². The Bertz CT molecular complexity index is 1100. The van der Waals surface area contributed by atoms with Gasteiger partial charge < -0.3 is 20.2 Å². The summed E-state index contributed by atoms with van der Waals surface area (Å²) in [5.74, 6) is -0.0568. The third-order valence-corrected chi connectivity index (χ3v) is 6.39. The van der Waals surface area contributed by atoms with Crippen molar-refractivity contribution < 1.29 is 14.7 Å². The van der Waals surface area contributed by atoms with Crippen LogP contribution in [0.4, 0.5) is 11.4 Å². The Balaban J connectivity index is 1.46. The fourth-order valence-electron chi connectivity index (χ4n) is 3.70. The lowest BCUT2D eigenvalue weighted by atomic mass is 10.1. The van der Waals surface area contributed by atoms with Gasteiger partial charge >= 0.3 is 0 Å². The van der Waals surface area contributed by atoms with Gasteiger partial charge in [-0.3, -0.25) is 9.59 Å². The summed E-state index contributed by atoms with van der Waals surface area (Å²) < 4.78 is 0.974. The summed E-state index contributed by atoms with van der Waals surface area (Å²) in [6, 6.07) is 11.4. The molecule has 7 nitrogen and oxygen atoms in total. The molecule has 0 radical (unpaired) electrons. The number of aliphatic hydroxyl groups excluding tert-OH is 1. The van der Waals surface area contributed by atoms with Crippen molar-refractivity contribution >= 4 is 44.7 Å². The lowest BCUT2D eigenvalue weighted by molar-refractivity contribution is -0.129. The molecule has 0 atom stereocenters. The normalized spacial score (nSPS) is 14.2. The van der Waals surface area contributed by atoms with E-state index in [9.17, 15) is 14.7 Å². The molecule has 2 amide bonds. The van der Waals surface area contributed by atoms with E-state index in [0.717, 1.165) is 34.6 Å². The topological polar surface area (TPSA) is 85.8 Å². The number of hydrogen-bond donors (Lipinski definition) is 2. The number of thiazole rings is 1. The molecular weight excluding hydrogens is 400 g/mol. The van der Waals surface area contributed by atoms with Crippen molar-refractivity contribution in [3.05, 3.63) is 52.5 Å². The van der Waals surface area contributed by atoms with Crippen LogP contribution in [0.5, 0.6) is 0 Å². The van der Waals surface area contributed by atoms with Gasteiger partial charge in [-0.05, 0) is 48.9 Å². The second-order valence-electron chi connectivity index (χ2n) is 7.39. The summed E-state index contributed by atoms with van der Waals surface area (Å²) in [6.07, 6.45) is 0. The van der Waals surface area contributed by atoms with Crippen LogP contribution >= 0.6 is 11.3 Å². The Morgan fingerprint density at radius 2 is 1.90 bits per heavy atom. The van der Waals surface area contributed by atoms with E-state index >= 15 is 0 Å². The van der Waals surface area contributed by atoms with Gasteiger partial charge in [-0.25, -0.2) is 4.98 Å². The quantitative estimate of drug-likeness (QED) is 0.672. The molecule has 1 aliphatic rings. The Kier molecular flexibility index (Phi) is 5.69. The monoisotopic (exact) mass is 424 g/mol. The standard InChI is InChI=1S/C22H24N4O3S/c1-14-11-17(26-9-7-25(8-10-26)15(2)28)4-5-18(14)22(29)23-16-3-6-20-19(12-16)24-21(13-27)30-20/h3-6,11-12,27H,7-10,13H2,1-2H3,(H,23,29). The van der Waals surface area contributed by atoms with E-state index in [1.165, 1.54) is 11.3 Å². The number of anilines is 2. The number of benzene rings is 2. The van der Waals surface area contributed by atoms with Gasteiger partial charge in [-0.15, -0.1) is 11.3 Å². The summed E-state index contributed by atoms with van der Waals surface area (Å²) in [7, 11) is 0. The Hall–Kier alpha value is -2.97. The van der Waals surface area contributed by atoms with Gasteiger partial charge in [0, 0.05) is 50.0 Å². The minimum absolute atomic E-state index is 0.0869. The van der Waals surface area contributed by atoms with Gasteiger partial charge in [0.2, 0.25) is 5.91 Å².